The molecule has 0 aliphatic rings. The first-order valence-electron chi connectivity index (χ1n) is 7.05. The standard InChI is InChI=1S/C13H21NO7P2/c1-10(2)12(15)19-9-7-14-13(16)20-8-5-3-4-6-11(22-17)21-23-18/h11H,1,3-9H2,2H3,(H,14,16). The van der Waals surface area contributed by atoms with Gasteiger partial charge in [0.1, 0.15) is 6.61 Å². The van der Waals surface area contributed by atoms with Crippen molar-refractivity contribution in [3.8, 4) is 0 Å². The van der Waals surface area contributed by atoms with E-state index in [0.29, 0.717) is 18.4 Å². The van der Waals surface area contributed by atoms with Crippen molar-refractivity contribution in [3.63, 3.8) is 0 Å². The molecule has 0 spiro atoms. The van der Waals surface area contributed by atoms with Crippen LogP contribution in [0.25, 0.3) is 0 Å². The van der Waals surface area contributed by atoms with Gasteiger partial charge in [0.2, 0.25) is 0 Å². The SMILES string of the molecule is C=C(C)C(=O)OCCNC(=O)OCCCCCC(OP=O)P=O. The minimum absolute atomic E-state index is 0.0512. The number of carbonyl (C=O) groups excluding carboxylic acids is 2. The molecule has 0 saturated carbocycles. The summed E-state index contributed by atoms with van der Waals surface area (Å²) in [4.78, 5) is 22.4. The normalized spacial score (nSPS) is 11.9. The Morgan fingerprint density at radius 1 is 1.13 bits per heavy atom. The molecular weight excluding hydrogens is 344 g/mol. The van der Waals surface area contributed by atoms with Crippen molar-refractivity contribution in [2.45, 2.75) is 38.5 Å². The van der Waals surface area contributed by atoms with Crippen LogP contribution in [0.5, 0.6) is 0 Å². The molecule has 1 amide bonds. The van der Waals surface area contributed by atoms with Crippen LogP contribution >= 0.6 is 17.1 Å². The molecule has 0 aromatic carbocycles. The molecule has 0 aromatic rings. The highest BCUT2D eigenvalue weighted by molar-refractivity contribution is 7.26. The maximum absolute atomic E-state index is 11.3. The number of amides is 1. The third kappa shape index (κ3) is 12.8. The van der Waals surface area contributed by atoms with Gasteiger partial charge in [-0.1, -0.05) is 6.58 Å². The summed E-state index contributed by atoms with van der Waals surface area (Å²) in [6.45, 7) is 5.43. The fraction of sp³-hybridized carbons (Fsp3) is 0.692. The summed E-state index contributed by atoms with van der Waals surface area (Å²) in [5.41, 5.74) is 0.298. The number of esters is 1. The van der Waals surface area contributed by atoms with E-state index in [1.807, 2.05) is 0 Å². The largest absolute Gasteiger partial charge is 0.460 e. The van der Waals surface area contributed by atoms with E-state index in [-0.39, 0.29) is 28.2 Å². The second-order valence-corrected chi connectivity index (χ2v) is 5.71. The van der Waals surface area contributed by atoms with Gasteiger partial charge in [-0.15, -0.1) is 0 Å². The third-order valence-corrected chi connectivity index (χ3v) is 3.67. The Labute approximate surface area is 138 Å². The smallest absolute Gasteiger partial charge is 0.407 e. The van der Waals surface area contributed by atoms with Crippen molar-refractivity contribution >= 4 is 29.2 Å². The van der Waals surface area contributed by atoms with E-state index in [2.05, 4.69) is 16.4 Å². The van der Waals surface area contributed by atoms with Crippen LogP contribution in [-0.4, -0.2) is 37.7 Å². The molecule has 0 aliphatic carbocycles. The van der Waals surface area contributed by atoms with Gasteiger partial charge in [0.05, 0.1) is 13.2 Å². The fourth-order valence-corrected chi connectivity index (χ4v) is 2.17. The lowest BCUT2D eigenvalue weighted by Crippen LogP contribution is -2.29. The van der Waals surface area contributed by atoms with Crippen molar-refractivity contribution in [2.24, 2.45) is 0 Å². The van der Waals surface area contributed by atoms with Gasteiger partial charge < -0.3 is 14.8 Å². The molecule has 0 fully saturated rings. The van der Waals surface area contributed by atoms with Crippen LogP contribution in [-0.2, 0) is 27.9 Å². The third-order valence-electron chi connectivity index (χ3n) is 2.56. The molecule has 1 unspecified atom stereocenters. The van der Waals surface area contributed by atoms with E-state index < -0.39 is 26.6 Å². The van der Waals surface area contributed by atoms with E-state index in [9.17, 15) is 18.7 Å². The Hall–Kier alpha value is -1.36. The highest BCUT2D eigenvalue weighted by Gasteiger charge is 2.09. The Morgan fingerprint density at radius 2 is 1.87 bits per heavy atom. The molecule has 1 N–H and O–H groups in total. The summed E-state index contributed by atoms with van der Waals surface area (Å²) in [7, 11) is -0.683. The maximum atomic E-state index is 11.3. The van der Waals surface area contributed by atoms with E-state index >= 15 is 0 Å². The number of carbonyl (C=O) groups is 2. The predicted octanol–water partition coefficient (Wildman–Crippen LogP) is 3.23. The van der Waals surface area contributed by atoms with Gasteiger partial charge in [0.15, 0.2) is 14.3 Å². The number of hydrogen-bond acceptors (Lipinski definition) is 7. The Bertz CT molecular complexity index is 417. The monoisotopic (exact) mass is 365 g/mol. The topological polar surface area (TPSA) is 108 Å². The second-order valence-electron chi connectivity index (χ2n) is 4.57. The molecule has 0 bridgehead atoms. The minimum atomic E-state index is -0.583. The van der Waals surface area contributed by atoms with Crippen LogP contribution < -0.4 is 5.32 Å². The lowest BCUT2D eigenvalue weighted by molar-refractivity contribution is -0.138. The van der Waals surface area contributed by atoms with E-state index in [1.54, 1.807) is 0 Å². The molecule has 0 aromatic heterocycles. The van der Waals surface area contributed by atoms with Crippen molar-refractivity contribution < 1.29 is 32.7 Å². The molecule has 0 saturated heterocycles. The van der Waals surface area contributed by atoms with E-state index in [4.69, 9.17) is 9.47 Å². The van der Waals surface area contributed by atoms with Crippen LogP contribution in [0.2, 0.25) is 0 Å². The molecule has 0 rings (SSSR count). The molecule has 8 nitrogen and oxygen atoms in total. The van der Waals surface area contributed by atoms with Crippen LogP contribution in [0, 0.1) is 0 Å². The average molecular weight is 365 g/mol. The summed E-state index contributed by atoms with van der Waals surface area (Å²) in [6.07, 6.45) is 2.06. The number of hydrogen-bond donors (Lipinski definition) is 1. The first-order chi connectivity index (χ1) is 11.0. The Balaban J connectivity index is 3.50. The molecular formula is C13H21NO7P2. The molecule has 1 atom stereocenters. The number of ether oxygens (including phenoxy) is 2. The lowest BCUT2D eigenvalue weighted by Gasteiger charge is -2.08. The zero-order chi connectivity index (χ0) is 17.5. The second kappa shape index (κ2) is 14.2. The van der Waals surface area contributed by atoms with Gasteiger partial charge >= 0.3 is 20.7 Å². The van der Waals surface area contributed by atoms with Crippen LogP contribution in [0.1, 0.15) is 32.6 Å². The van der Waals surface area contributed by atoms with Crippen molar-refractivity contribution in [3.05, 3.63) is 12.2 Å². The van der Waals surface area contributed by atoms with Crippen molar-refractivity contribution in [2.75, 3.05) is 19.8 Å². The van der Waals surface area contributed by atoms with Crippen molar-refractivity contribution in [1.29, 1.82) is 0 Å². The molecule has 23 heavy (non-hydrogen) atoms. The van der Waals surface area contributed by atoms with Gasteiger partial charge in [0.25, 0.3) is 0 Å². The number of nitrogens with one attached hydrogen (secondary N) is 1. The summed E-state index contributed by atoms with van der Waals surface area (Å²) in [5.74, 6) is -1.07. The number of rotatable bonds is 13. The van der Waals surface area contributed by atoms with E-state index in [1.165, 1.54) is 6.92 Å². The van der Waals surface area contributed by atoms with Gasteiger partial charge in [0, 0.05) is 5.57 Å². The first-order valence-corrected chi connectivity index (χ1v) is 8.66. The summed E-state index contributed by atoms with van der Waals surface area (Å²) in [5, 5.41) is 2.45. The quantitative estimate of drug-likeness (QED) is 0.231. The summed E-state index contributed by atoms with van der Waals surface area (Å²) < 4.78 is 35.2. The zero-order valence-electron chi connectivity index (χ0n) is 13.0. The highest BCUT2D eigenvalue weighted by atomic mass is 31.1. The predicted molar refractivity (Wildman–Crippen MR) is 83.7 cm³/mol. The van der Waals surface area contributed by atoms with Crippen LogP contribution in [0.3, 0.4) is 0 Å². The molecule has 10 heteroatoms. The van der Waals surface area contributed by atoms with Gasteiger partial charge in [-0.2, -0.15) is 0 Å². The fourth-order valence-electron chi connectivity index (χ4n) is 1.41. The molecule has 0 radical (unpaired) electrons. The lowest BCUT2D eigenvalue weighted by atomic mass is 10.2. The van der Waals surface area contributed by atoms with Crippen LogP contribution in [0.4, 0.5) is 4.79 Å². The van der Waals surface area contributed by atoms with Gasteiger partial charge in [-0.25, -0.2) is 14.2 Å². The summed E-state index contributed by atoms with van der Waals surface area (Å²) in [6, 6.07) is 0. The van der Waals surface area contributed by atoms with E-state index in [0.717, 1.165) is 12.8 Å². The van der Waals surface area contributed by atoms with Gasteiger partial charge in [-0.3, -0.25) is 9.09 Å². The Kier molecular flexibility index (Phi) is 13.4. The number of unbranched alkanes of at least 4 members (excludes halogenated alkanes) is 2. The maximum Gasteiger partial charge on any atom is 0.407 e. The summed E-state index contributed by atoms with van der Waals surface area (Å²) >= 11 is 0. The minimum Gasteiger partial charge on any atom is -0.460 e. The average Bonchev–Trinajstić information content (AvgIpc) is 2.53. The first kappa shape index (κ1) is 21.6. The highest BCUT2D eigenvalue weighted by Crippen LogP contribution is 2.20. The van der Waals surface area contributed by atoms with Crippen LogP contribution in [0.15, 0.2) is 12.2 Å². The Morgan fingerprint density at radius 3 is 2.48 bits per heavy atom. The van der Waals surface area contributed by atoms with Gasteiger partial charge in [-0.05, 0) is 32.6 Å². The molecule has 130 valence electrons. The number of alkyl carbamates (subject to hydrolysis) is 1. The molecule has 0 aliphatic heterocycles. The zero-order valence-corrected chi connectivity index (χ0v) is 14.8. The van der Waals surface area contributed by atoms with Crippen molar-refractivity contribution in [1.82, 2.24) is 5.32 Å². The molecule has 0 heterocycles.